The summed E-state index contributed by atoms with van der Waals surface area (Å²) in [7, 11) is 0. The van der Waals surface area contributed by atoms with Gasteiger partial charge in [-0.1, -0.05) is 43.1 Å². The van der Waals surface area contributed by atoms with Crippen molar-refractivity contribution in [3.05, 3.63) is 52.8 Å². The molecule has 0 aliphatic rings. The summed E-state index contributed by atoms with van der Waals surface area (Å²) in [6.07, 6.45) is 6.22. The van der Waals surface area contributed by atoms with Crippen molar-refractivity contribution < 1.29 is 4.79 Å². The molecule has 0 aliphatic carbocycles. The monoisotopic (exact) mass is 374 g/mol. The van der Waals surface area contributed by atoms with Crippen molar-refractivity contribution in [1.82, 2.24) is 15.1 Å². The third-order valence-electron chi connectivity index (χ3n) is 3.99. The molecule has 0 bridgehead atoms. The van der Waals surface area contributed by atoms with Gasteiger partial charge in [-0.25, -0.2) is 0 Å². The van der Waals surface area contributed by atoms with Crippen molar-refractivity contribution in [2.75, 3.05) is 18.4 Å². The molecule has 140 valence electrons. The summed E-state index contributed by atoms with van der Waals surface area (Å²) in [5.41, 5.74) is 2.73. The normalized spacial score (nSPS) is 11.0. The fraction of sp³-hybridized carbons (Fsp3) is 0.400. The molecule has 0 radical (unpaired) electrons. The lowest BCUT2D eigenvalue weighted by atomic mass is 10.2. The van der Waals surface area contributed by atoms with E-state index in [2.05, 4.69) is 22.7 Å². The SMILES string of the molecule is CCCCn1nc(C)c(/C=C/C(=O)NCCCNc2ccccc2)c1Cl. The molecule has 2 N–H and O–H groups in total. The lowest BCUT2D eigenvalue weighted by Crippen LogP contribution is -2.23. The number of hydrogen-bond donors (Lipinski definition) is 2. The second kappa shape index (κ2) is 10.7. The van der Waals surface area contributed by atoms with Crippen molar-refractivity contribution in [3.8, 4) is 0 Å². The zero-order valence-electron chi connectivity index (χ0n) is 15.5. The predicted octanol–water partition coefficient (Wildman–Crippen LogP) is 4.28. The summed E-state index contributed by atoms with van der Waals surface area (Å²) >= 11 is 6.36. The first kappa shape index (κ1) is 20.0. The van der Waals surface area contributed by atoms with E-state index in [4.69, 9.17) is 11.6 Å². The first-order chi connectivity index (χ1) is 12.6. The highest BCUT2D eigenvalue weighted by Gasteiger charge is 2.10. The standard InChI is InChI=1S/C20H27ClN4O/c1-3-4-15-25-20(21)18(16(2)24-25)11-12-19(26)23-14-8-13-22-17-9-6-5-7-10-17/h5-7,9-12,22H,3-4,8,13-15H2,1-2H3,(H,23,26)/b12-11+. The minimum Gasteiger partial charge on any atom is -0.385 e. The fourth-order valence-corrected chi connectivity index (χ4v) is 2.84. The molecule has 26 heavy (non-hydrogen) atoms. The van der Waals surface area contributed by atoms with Crippen LogP contribution in [0.3, 0.4) is 0 Å². The second-order valence-corrected chi connectivity index (χ2v) is 6.50. The van der Waals surface area contributed by atoms with E-state index in [1.54, 1.807) is 10.8 Å². The van der Waals surface area contributed by atoms with Crippen LogP contribution in [0.4, 0.5) is 5.69 Å². The lowest BCUT2D eigenvalue weighted by Gasteiger charge is -2.06. The number of nitrogens with zero attached hydrogens (tertiary/aromatic N) is 2. The Bertz CT molecular complexity index is 725. The number of rotatable bonds is 10. The van der Waals surface area contributed by atoms with Crippen molar-refractivity contribution in [2.45, 2.75) is 39.7 Å². The lowest BCUT2D eigenvalue weighted by molar-refractivity contribution is -0.116. The van der Waals surface area contributed by atoms with Gasteiger partial charge < -0.3 is 10.6 Å². The third kappa shape index (κ3) is 6.23. The Hall–Kier alpha value is -2.27. The molecular formula is C20H27ClN4O. The highest BCUT2D eigenvalue weighted by molar-refractivity contribution is 6.31. The maximum Gasteiger partial charge on any atom is 0.244 e. The maximum atomic E-state index is 12.0. The van der Waals surface area contributed by atoms with Gasteiger partial charge in [0.15, 0.2) is 0 Å². The Labute approximate surface area is 160 Å². The van der Waals surface area contributed by atoms with Crippen LogP contribution >= 0.6 is 11.6 Å². The van der Waals surface area contributed by atoms with Crippen molar-refractivity contribution >= 4 is 29.3 Å². The molecule has 1 heterocycles. The molecule has 2 aromatic rings. The minimum atomic E-state index is -0.124. The van der Waals surface area contributed by atoms with E-state index >= 15 is 0 Å². The van der Waals surface area contributed by atoms with E-state index in [1.807, 2.05) is 37.3 Å². The van der Waals surface area contributed by atoms with Crippen LogP contribution in [0.1, 0.15) is 37.4 Å². The summed E-state index contributed by atoms with van der Waals surface area (Å²) in [6, 6.07) is 10.0. The maximum absolute atomic E-state index is 12.0. The van der Waals surface area contributed by atoms with Gasteiger partial charge in [0.2, 0.25) is 5.91 Å². The number of benzene rings is 1. The van der Waals surface area contributed by atoms with Crippen LogP contribution in [-0.2, 0) is 11.3 Å². The Morgan fingerprint density at radius 3 is 2.73 bits per heavy atom. The molecule has 1 aromatic heterocycles. The van der Waals surface area contributed by atoms with Gasteiger partial charge in [-0.3, -0.25) is 9.48 Å². The summed E-state index contributed by atoms with van der Waals surface area (Å²) < 4.78 is 1.80. The zero-order valence-corrected chi connectivity index (χ0v) is 16.2. The molecule has 0 atom stereocenters. The summed E-state index contributed by atoms with van der Waals surface area (Å²) in [5.74, 6) is -0.124. The Balaban J connectivity index is 1.74. The van der Waals surface area contributed by atoms with Crippen molar-refractivity contribution in [2.24, 2.45) is 0 Å². The number of aromatic nitrogens is 2. The quantitative estimate of drug-likeness (QED) is 0.482. The molecule has 0 saturated carbocycles. The number of carbonyl (C=O) groups excluding carboxylic acids is 1. The average Bonchev–Trinajstić information content (AvgIpc) is 2.92. The number of halogens is 1. The van der Waals surface area contributed by atoms with Crippen LogP contribution in [0.25, 0.3) is 6.08 Å². The predicted molar refractivity (Wildman–Crippen MR) is 108 cm³/mol. The number of nitrogens with one attached hydrogen (secondary N) is 2. The molecule has 0 saturated heterocycles. The van der Waals surface area contributed by atoms with Crippen molar-refractivity contribution in [3.63, 3.8) is 0 Å². The third-order valence-corrected chi connectivity index (χ3v) is 4.39. The van der Waals surface area contributed by atoms with E-state index in [-0.39, 0.29) is 5.91 Å². The molecule has 0 aliphatic heterocycles. The fourth-order valence-electron chi connectivity index (χ4n) is 2.52. The van der Waals surface area contributed by atoms with E-state index in [9.17, 15) is 4.79 Å². The molecular weight excluding hydrogens is 348 g/mol. The highest BCUT2D eigenvalue weighted by atomic mass is 35.5. The highest BCUT2D eigenvalue weighted by Crippen LogP contribution is 2.21. The van der Waals surface area contributed by atoms with Gasteiger partial charge in [0.1, 0.15) is 5.15 Å². The van der Waals surface area contributed by atoms with Gasteiger partial charge in [0.05, 0.1) is 5.69 Å². The van der Waals surface area contributed by atoms with Crippen LogP contribution in [0.5, 0.6) is 0 Å². The van der Waals surface area contributed by atoms with Gasteiger partial charge in [0, 0.05) is 37.0 Å². The van der Waals surface area contributed by atoms with Gasteiger partial charge in [-0.2, -0.15) is 5.10 Å². The van der Waals surface area contributed by atoms with Crippen LogP contribution in [0.15, 0.2) is 36.4 Å². The molecule has 1 amide bonds. The zero-order chi connectivity index (χ0) is 18.8. The summed E-state index contributed by atoms with van der Waals surface area (Å²) in [4.78, 5) is 12.0. The van der Waals surface area contributed by atoms with Crippen LogP contribution in [0.2, 0.25) is 5.15 Å². The molecule has 0 spiro atoms. The van der Waals surface area contributed by atoms with Crippen LogP contribution < -0.4 is 10.6 Å². The summed E-state index contributed by atoms with van der Waals surface area (Å²) in [6.45, 7) is 6.26. The Morgan fingerprint density at radius 1 is 1.23 bits per heavy atom. The summed E-state index contributed by atoms with van der Waals surface area (Å²) in [5, 5.41) is 11.2. The van der Waals surface area contributed by atoms with Crippen LogP contribution in [-0.4, -0.2) is 28.8 Å². The van der Waals surface area contributed by atoms with E-state index in [1.165, 1.54) is 6.08 Å². The van der Waals surface area contributed by atoms with E-state index in [0.717, 1.165) is 49.3 Å². The van der Waals surface area contributed by atoms with Gasteiger partial charge in [-0.15, -0.1) is 0 Å². The largest absolute Gasteiger partial charge is 0.385 e. The van der Waals surface area contributed by atoms with E-state index in [0.29, 0.717) is 11.7 Å². The first-order valence-electron chi connectivity index (χ1n) is 9.09. The number of carbonyl (C=O) groups is 1. The number of amides is 1. The molecule has 0 fully saturated rings. The topological polar surface area (TPSA) is 59.0 Å². The van der Waals surface area contributed by atoms with Crippen LogP contribution in [0, 0.1) is 6.92 Å². The number of hydrogen-bond acceptors (Lipinski definition) is 3. The molecule has 0 unspecified atom stereocenters. The second-order valence-electron chi connectivity index (χ2n) is 6.14. The molecule has 6 heteroatoms. The van der Waals surface area contributed by atoms with E-state index < -0.39 is 0 Å². The molecule has 5 nitrogen and oxygen atoms in total. The first-order valence-corrected chi connectivity index (χ1v) is 9.47. The molecule has 2 rings (SSSR count). The minimum absolute atomic E-state index is 0.124. The Kier molecular flexibility index (Phi) is 8.22. The number of para-hydroxylation sites is 1. The van der Waals surface area contributed by atoms with Gasteiger partial charge in [-0.05, 0) is 38.0 Å². The Morgan fingerprint density at radius 2 is 2.00 bits per heavy atom. The number of anilines is 1. The number of aryl methyl sites for hydroxylation is 2. The van der Waals surface area contributed by atoms with Crippen molar-refractivity contribution in [1.29, 1.82) is 0 Å². The van der Waals surface area contributed by atoms with Gasteiger partial charge >= 0.3 is 0 Å². The number of unbranched alkanes of at least 4 members (excludes halogenated alkanes) is 1. The smallest absolute Gasteiger partial charge is 0.244 e. The van der Waals surface area contributed by atoms with Gasteiger partial charge in [0.25, 0.3) is 0 Å². The molecule has 1 aromatic carbocycles. The average molecular weight is 375 g/mol.